The first-order valence-corrected chi connectivity index (χ1v) is 5.63. The Morgan fingerprint density at radius 2 is 1.94 bits per heavy atom. The van der Waals surface area contributed by atoms with E-state index in [4.69, 9.17) is 0 Å². The quantitative estimate of drug-likeness (QED) is 0.879. The first kappa shape index (κ1) is 12.2. The second-order valence-electron chi connectivity index (χ2n) is 4.30. The zero-order valence-electron chi connectivity index (χ0n) is 10.6. The summed E-state index contributed by atoms with van der Waals surface area (Å²) < 4.78 is 0. The Balaban J connectivity index is 2.69. The molecule has 0 atom stereocenters. The third-order valence-corrected chi connectivity index (χ3v) is 2.78. The number of hydrogen-bond donors (Lipinski definition) is 1. The molecule has 18 heavy (non-hydrogen) atoms. The number of aromatic nitrogens is 2. The number of aryl methyl sites for hydroxylation is 3. The van der Waals surface area contributed by atoms with Gasteiger partial charge in [-0.1, -0.05) is 23.8 Å². The third kappa shape index (κ3) is 2.22. The molecule has 0 spiro atoms. The molecule has 0 aliphatic rings. The van der Waals surface area contributed by atoms with Crippen LogP contribution in [0.4, 0.5) is 0 Å². The van der Waals surface area contributed by atoms with Gasteiger partial charge in [-0.05, 0) is 26.3 Å². The van der Waals surface area contributed by atoms with Crippen molar-refractivity contribution in [2.75, 3.05) is 0 Å². The zero-order valence-corrected chi connectivity index (χ0v) is 10.6. The highest BCUT2D eigenvalue weighted by Crippen LogP contribution is 2.25. The van der Waals surface area contributed by atoms with Gasteiger partial charge >= 0.3 is 5.97 Å². The molecule has 0 aliphatic carbocycles. The van der Waals surface area contributed by atoms with Crippen molar-refractivity contribution < 1.29 is 9.90 Å². The van der Waals surface area contributed by atoms with Crippen LogP contribution in [0.5, 0.6) is 0 Å². The summed E-state index contributed by atoms with van der Waals surface area (Å²) >= 11 is 0. The number of aromatic carboxylic acids is 1. The first-order chi connectivity index (χ1) is 8.49. The highest BCUT2D eigenvalue weighted by atomic mass is 16.4. The van der Waals surface area contributed by atoms with Crippen LogP contribution in [0.25, 0.3) is 11.3 Å². The second-order valence-corrected chi connectivity index (χ2v) is 4.30. The molecule has 2 rings (SSSR count). The van der Waals surface area contributed by atoms with Gasteiger partial charge in [-0.2, -0.15) is 0 Å². The van der Waals surface area contributed by atoms with Crippen LogP contribution < -0.4 is 0 Å². The van der Waals surface area contributed by atoms with Gasteiger partial charge in [0.1, 0.15) is 11.4 Å². The molecule has 0 fully saturated rings. The number of carboxylic acid groups (broad SMARTS) is 1. The predicted octanol–water partition coefficient (Wildman–Crippen LogP) is 2.77. The fourth-order valence-electron chi connectivity index (χ4n) is 1.91. The summed E-state index contributed by atoms with van der Waals surface area (Å²) in [6, 6.07) is 5.86. The lowest BCUT2D eigenvalue weighted by Gasteiger charge is -2.09. The Morgan fingerprint density at radius 3 is 2.56 bits per heavy atom. The van der Waals surface area contributed by atoms with Gasteiger partial charge < -0.3 is 5.11 Å². The normalized spacial score (nSPS) is 10.4. The summed E-state index contributed by atoms with van der Waals surface area (Å²) in [5.74, 6) is -0.444. The fraction of sp³-hybridized carbons (Fsp3) is 0.214. The van der Waals surface area contributed by atoms with Crippen molar-refractivity contribution in [3.05, 3.63) is 46.9 Å². The molecule has 1 N–H and O–H groups in total. The zero-order chi connectivity index (χ0) is 13.3. The largest absolute Gasteiger partial charge is 0.478 e. The molecule has 1 heterocycles. The number of nitrogens with zero attached hydrogens (tertiary/aromatic N) is 2. The lowest BCUT2D eigenvalue weighted by Crippen LogP contribution is -2.05. The van der Waals surface area contributed by atoms with E-state index < -0.39 is 5.97 Å². The fourth-order valence-corrected chi connectivity index (χ4v) is 1.91. The molecule has 0 aliphatic heterocycles. The molecule has 1 aromatic heterocycles. The number of carboxylic acids is 1. The molecule has 0 unspecified atom stereocenters. The van der Waals surface area contributed by atoms with E-state index in [1.54, 1.807) is 6.92 Å². The van der Waals surface area contributed by atoms with Crippen molar-refractivity contribution in [1.82, 2.24) is 9.97 Å². The maximum Gasteiger partial charge on any atom is 0.339 e. The molecular weight excluding hydrogens is 228 g/mol. The minimum absolute atomic E-state index is 0.132. The molecule has 0 radical (unpaired) electrons. The standard InChI is InChI=1S/C14H14N2O2/c1-8-4-5-11(9(2)6-8)13-12(14(17)18)7-15-10(3)16-13/h4-7H,1-3H3,(H,17,18). The van der Waals surface area contributed by atoms with Crippen molar-refractivity contribution >= 4 is 5.97 Å². The van der Waals surface area contributed by atoms with Crippen LogP contribution in [-0.2, 0) is 0 Å². The molecule has 0 saturated carbocycles. The van der Waals surface area contributed by atoms with Crippen molar-refractivity contribution in [3.8, 4) is 11.3 Å². The first-order valence-electron chi connectivity index (χ1n) is 5.63. The summed E-state index contributed by atoms with van der Waals surface area (Å²) in [5, 5.41) is 9.18. The van der Waals surface area contributed by atoms with E-state index in [1.165, 1.54) is 6.20 Å². The van der Waals surface area contributed by atoms with E-state index in [2.05, 4.69) is 9.97 Å². The van der Waals surface area contributed by atoms with Gasteiger partial charge in [0.25, 0.3) is 0 Å². The smallest absolute Gasteiger partial charge is 0.339 e. The minimum atomic E-state index is -1.01. The van der Waals surface area contributed by atoms with Gasteiger partial charge in [0.2, 0.25) is 0 Å². The second kappa shape index (κ2) is 4.56. The Morgan fingerprint density at radius 1 is 1.22 bits per heavy atom. The predicted molar refractivity (Wildman–Crippen MR) is 68.6 cm³/mol. The van der Waals surface area contributed by atoms with Gasteiger partial charge in [0, 0.05) is 11.8 Å². The van der Waals surface area contributed by atoms with E-state index in [-0.39, 0.29) is 5.56 Å². The molecule has 2 aromatic rings. The summed E-state index contributed by atoms with van der Waals surface area (Å²) in [7, 11) is 0. The maximum absolute atomic E-state index is 11.2. The Hall–Kier alpha value is -2.23. The lowest BCUT2D eigenvalue weighted by atomic mass is 10.00. The summed E-state index contributed by atoms with van der Waals surface area (Å²) in [5.41, 5.74) is 3.60. The lowest BCUT2D eigenvalue weighted by molar-refractivity contribution is 0.0697. The van der Waals surface area contributed by atoms with Gasteiger partial charge in [0.15, 0.2) is 0 Å². The van der Waals surface area contributed by atoms with Crippen molar-refractivity contribution in [1.29, 1.82) is 0 Å². The molecule has 0 saturated heterocycles. The van der Waals surface area contributed by atoms with Crippen molar-refractivity contribution in [3.63, 3.8) is 0 Å². The highest BCUT2D eigenvalue weighted by Gasteiger charge is 2.15. The van der Waals surface area contributed by atoms with E-state index in [9.17, 15) is 9.90 Å². The molecule has 1 aromatic carbocycles. The van der Waals surface area contributed by atoms with Gasteiger partial charge in [0.05, 0.1) is 5.69 Å². The van der Waals surface area contributed by atoms with Crippen LogP contribution in [0.2, 0.25) is 0 Å². The monoisotopic (exact) mass is 242 g/mol. The third-order valence-electron chi connectivity index (χ3n) is 2.78. The van der Waals surface area contributed by atoms with Crippen molar-refractivity contribution in [2.45, 2.75) is 20.8 Å². The molecule has 4 heteroatoms. The average molecular weight is 242 g/mol. The topological polar surface area (TPSA) is 63.1 Å². The molecular formula is C14H14N2O2. The minimum Gasteiger partial charge on any atom is -0.478 e. The van der Waals surface area contributed by atoms with Crippen LogP contribution in [-0.4, -0.2) is 21.0 Å². The van der Waals surface area contributed by atoms with Gasteiger partial charge in [-0.3, -0.25) is 0 Å². The van der Waals surface area contributed by atoms with Crippen LogP contribution in [0, 0.1) is 20.8 Å². The van der Waals surface area contributed by atoms with E-state index in [0.29, 0.717) is 11.5 Å². The van der Waals surface area contributed by atoms with Gasteiger partial charge in [-0.15, -0.1) is 0 Å². The van der Waals surface area contributed by atoms with E-state index >= 15 is 0 Å². The number of carbonyl (C=O) groups is 1. The number of hydrogen-bond acceptors (Lipinski definition) is 3. The van der Waals surface area contributed by atoms with Crippen LogP contribution in [0.1, 0.15) is 27.3 Å². The summed E-state index contributed by atoms with van der Waals surface area (Å²) in [4.78, 5) is 19.4. The van der Waals surface area contributed by atoms with E-state index in [0.717, 1.165) is 16.7 Å². The van der Waals surface area contributed by atoms with Crippen LogP contribution >= 0.6 is 0 Å². The Kier molecular flexibility index (Phi) is 3.10. The average Bonchev–Trinajstić information content (AvgIpc) is 2.28. The van der Waals surface area contributed by atoms with Crippen LogP contribution in [0.3, 0.4) is 0 Å². The SMILES string of the molecule is Cc1ccc(-c2nc(C)ncc2C(=O)O)c(C)c1. The molecule has 4 nitrogen and oxygen atoms in total. The highest BCUT2D eigenvalue weighted by molar-refractivity contribution is 5.94. The summed E-state index contributed by atoms with van der Waals surface area (Å²) in [6.07, 6.45) is 1.36. The molecule has 0 amide bonds. The van der Waals surface area contributed by atoms with Crippen molar-refractivity contribution in [2.24, 2.45) is 0 Å². The Bertz CT molecular complexity index is 621. The van der Waals surface area contributed by atoms with Gasteiger partial charge in [-0.25, -0.2) is 14.8 Å². The maximum atomic E-state index is 11.2. The Labute approximate surface area is 105 Å². The van der Waals surface area contributed by atoms with Crippen LogP contribution in [0.15, 0.2) is 24.4 Å². The number of benzene rings is 1. The van der Waals surface area contributed by atoms with E-state index in [1.807, 2.05) is 32.0 Å². The molecule has 0 bridgehead atoms. The number of rotatable bonds is 2. The molecule has 92 valence electrons. The summed E-state index contributed by atoms with van der Waals surface area (Å²) in [6.45, 7) is 5.70.